The number of anilines is 1. The van der Waals surface area contributed by atoms with Crippen molar-refractivity contribution in [3.8, 4) is 5.75 Å². The summed E-state index contributed by atoms with van der Waals surface area (Å²) in [5.41, 5.74) is 2.15. The van der Waals surface area contributed by atoms with E-state index in [4.69, 9.17) is 4.74 Å². The second kappa shape index (κ2) is 6.12. The molecule has 0 bridgehead atoms. The van der Waals surface area contributed by atoms with Gasteiger partial charge in [0.15, 0.2) is 0 Å². The van der Waals surface area contributed by atoms with Crippen molar-refractivity contribution in [3.05, 3.63) is 53.9 Å². The Kier molecular flexibility index (Phi) is 4.02. The number of fused-ring (bicyclic) bond motifs is 1. The summed E-state index contributed by atoms with van der Waals surface area (Å²) in [6, 6.07) is 13.4. The van der Waals surface area contributed by atoms with E-state index < -0.39 is 0 Å². The molecule has 0 spiro atoms. The Labute approximate surface area is 134 Å². The number of methoxy groups -OCH3 is 1. The maximum Gasteiger partial charge on any atom is 0.273 e. The molecule has 2 aromatic carbocycles. The fourth-order valence-corrected chi connectivity index (χ4v) is 2.71. The first-order chi connectivity index (χ1) is 11.1. The van der Waals surface area contributed by atoms with Gasteiger partial charge in [-0.1, -0.05) is 24.3 Å². The van der Waals surface area contributed by atoms with E-state index in [1.54, 1.807) is 17.9 Å². The van der Waals surface area contributed by atoms with E-state index in [2.05, 4.69) is 10.4 Å². The lowest BCUT2D eigenvalue weighted by Crippen LogP contribution is -2.17. The molecular weight excluding hydrogens is 290 g/mol. The van der Waals surface area contributed by atoms with Crippen LogP contribution in [0.3, 0.4) is 0 Å². The molecule has 3 rings (SSSR count). The van der Waals surface area contributed by atoms with Crippen LogP contribution >= 0.6 is 0 Å². The van der Waals surface area contributed by atoms with Crippen LogP contribution in [0.4, 0.5) is 5.69 Å². The summed E-state index contributed by atoms with van der Waals surface area (Å²) < 4.78 is 7.09. The summed E-state index contributed by atoms with van der Waals surface area (Å²) >= 11 is 0. The molecule has 5 nitrogen and oxygen atoms in total. The van der Waals surface area contributed by atoms with E-state index >= 15 is 0 Å². The van der Waals surface area contributed by atoms with E-state index in [1.165, 1.54) is 0 Å². The van der Waals surface area contributed by atoms with Gasteiger partial charge >= 0.3 is 0 Å². The second-order valence-corrected chi connectivity index (χ2v) is 5.30. The maximum absolute atomic E-state index is 12.6. The number of aryl methyl sites for hydroxylation is 2. The zero-order chi connectivity index (χ0) is 16.4. The number of nitrogens with one attached hydrogen (secondary N) is 1. The quantitative estimate of drug-likeness (QED) is 0.800. The molecule has 1 amide bonds. The molecule has 0 aliphatic rings. The van der Waals surface area contributed by atoms with Gasteiger partial charge in [-0.25, -0.2) is 0 Å². The third-order valence-electron chi connectivity index (χ3n) is 3.79. The monoisotopic (exact) mass is 309 g/mol. The van der Waals surface area contributed by atoms with Crippen LogP contribution in [0.5, 0.6) is 5.75 Å². The van der Waals surface area contributed by atoms with E-state index in [0.717, 1.165) is 27.9 Å². The summed E-state index contributed by atoms with van der Waals surface area (Å²) in [5.74, 6) is 0.621. The van der Waals surface area contributed by atoms with E-state index in [0.29, 0.717) is 12.2 Å². The molecule has 0 saturated heterocycles. The van der Waals surface area contributed by atoms with Gasteiger partial charge in [0, 0.05) is 23.0 Å². The van der Waals surface area contributed by atoms with Crippen LogP contribution in [0.1, 0.15) is 23.1 Å². The van der Waals surface area contributed by atoms with Gasteiger partial charge in [-0.2, -0.15) is 5.10 Å². The van der Waals surface area contributed by atoms with Crippen LogP contribution in [0.15, 0.2) is 42.5 Å². The Balaban J connectivity index is 2.00. The number of hydrogen-bond acceptors (Lipinski definition) is 3. The van der Waals surface area contributed by atoms with Crippen LogP contribution in [0.25, 0.3) is 10.8 Å². The molecule has 0 saturated carbocycles. The average molecular weight is 309 g/mol. The minimum absolute atomic E-state index is 0.164. The van der Waals surface area contributed by atoms with Crippen molar-refractivity contribution < 1.29 is 9.53 Å². The first-order valence-corrected chi connectivity index (χ1v) is 7.55. The molecular formula is C18H19N3O2. The molecule has 1 N–H and O–H groups in total. The van der Waals surface area contributed by atoms with Crippen LogP contribution < -0.4 is 10.1 Å². The number of hydrogen-bond donors (Lipinski definition) is 1. The van der Waals surface area contributed by atoms with Crippen LogP contribution in [-0.2, 0) is 6.54 Å². The fraction of sp³-hybridized carbons (Fsp3) is 0.222. The SMILES string of the molecule is CCn1nc(C)cc1C(=O)Nc1ccc(OC)c2ccccc12. The van der Waals surface area contributed by atoms with Crippen molar-refractivity contribution in [1.29, 1.82) is 0 Å². The normalized spacial score (nSPS) is 10.7. The zero-order valence-corrected chi connectivity index (χ0v) is 13.5. The Morgan fingerprint density at radius 3 is 2.65 bits per heavy atom. The number of nitrogens with zero attached hydrogens (tertiary/aromatic N) is 2. The molecule has 0 aliphatic carbocycles. The Morgan fingerprint density at radius 2 is 1.96 bits per heavy atom. The Hall–Kier alpha value is -2.82. The number of benzene rings is 2. The number of aromatic nitrogens is 2. The molecule has 1 aromatic heterocycles. The molecule has 3 aromatic rings. The number of carbonyl (C=O) groups excluding carboxylic acids is 1. The summed E-state index contributed by atoms with van der Waals surface area (Å²) in [5, 5.41) is 9.21. The predicted octanol–water partition coefficient (Wildman–Crippen LogP) is 3.63. The Bertz CT molecular complexity index is 868. The maximum atomic E-state index is 12.6. The van der Waals surface area contributed by atoms with Gasteiger partial charge in [-0.3, -0.25) is 9.48 Å². The molecule has 0 radical (unpaired) electrons. The lowest BCUT2D eigenvalue weighted by Gasteiger charge is -2.12. The van der Waals surface area contributed by atoms with Gasteiger partial charge in [0.2, 0.25) is 0 Å². The van der Waals surface area contributed by atoms with Crippen molar-refractivity contribution in [1.82, 2.24) is 9.78 Å². The van der Waals surface area contributed by atoms with Crippen molar-refractivity contribution >= 4 is 22.4 Å². The third kappa shape index (κ3) is 2.77. The van der Waals surface area contributed by atoms with Gasteiger partial charge in [0.05, 0.1) is 12.8 Å². The first kappa shape index (κ1) is 15.1. The van der Waals surface area contributed by atoms with Gasteiger partial charge < -0.3 is 10.1 Å². The van der Waals surface area contributed by atoms with E-state index in [9.17, 15) is 4.79 Å². The predicted molar refractivity (Wildman–Crippen MR) is 91.1 cm³/mol. The first-order valence-electron chi connectivity index (χ1n) is 7.55. The zero-order valence-electron chi connectivity index (χ0n) is 13.5. The lowest BCUT2D eigenvalue weighted by atomic mass is 10.1. The highest BCUT2D eigenvalue weighted by molar-refractivity contribution is 6.09. The highest BCUT2D eigenvalue weighted by atomic mass is 16.5. The van der Waals surface area contributed by atoms with E-state index in [1.807, 2.05) is 50.2 Å². The highest BCUT2D eigenvalue weighted by Gasteiger charge is 2.15. The number of carbonyl (C=O) groups is 1. The highest BCUT2D eigenvalue weighted by Crippen LogP contribution is 2.31. The molecule has 0 atom stereocenters. The third-order valence-corrected chi connectivity index (χ3v) is 3.79. The molecule has 23 heavy (non-hydrogen) atoms. The number of amides is 1. The van der Waals surface area contributed by atoms with Gasteiger partial charge in [0.1, 0.15) is 11.4 Å². The van der Waals surface area contributed by atoms with Gasteiger partial charge in [-0.05, 0) is 32.0 Å². The van der Waals surface area contributed by atoms with Gasteiger partial charge in [-0.15, -0.1) is 0 Å². The standard InChI is InChI=1S/C18H19N3O2/c1-4-21-16(11-12(2)20-21)18(22)19-15-9-10-17(23-3)14-8-6-5-7-13(14)15/h5-11H,4H2,1-3H3,(H,19,22). The van der Waals surface area contributed by atoms with Crippen molar-refractivity contribution in [2.45, 2.75) is 20.4 Å². The number of rotatable bonds is 4. The summed E-state index contributed by atoms with van der Waals surface area (Å²) in [6.07, 6.45) is 0. The van der Waals surface area contributed by atoms with Gasteiger partial charge in [0.25, 0.3) is 5.91 Å². The second-order valence-electron chi connectivity index (χ2n) is 5.30. The summed E-state index contributed by atoms with van der Waals surface area (Å²) in [4.78, 5) is 12.6. The molecule has 118 valence electrons. The smallest absolute Gasteiger partial charge is 0.273 e. The fourth-order valence-electron chi connectivity index (χ4n) is 2.71. The van der Waals surface area contributed by atoms with Crippen LogP contribution in [0.2, 0.25) is 0 Å². The Morgan fingerprint density at radius 1 is 1.22 bits per heavy atom. The largest absolute Gasteiger partial charge is 0.496 e. The minimum Gasteiger partial charge on any atom is -0.496 e. The van der Waals surface area contributed by atoms with Crippen molar-refractivity contribution in [2.24, 2.45) is 0 Å². The van der Waals surface area contributed by atoms with Crippen LogP contribution in [0, 0.1) is 6.92 Å². The molecule has 1 heterocycles. The summed E-state index contributed by atoms with van der Waals surface area (Å²) in [7, 11) is 1.64. The molecule has 0 unspecified atom stereocenters. The van der Waals surface area contributed by atoms with E-state index in [-0.39, 0.29) is 5.91 Å². The van der Waals surface area contributed by atoms with Crippen LogP contribution in [-0.4, -0.2) is 22.8 Å². The topological polar surface area (TPSA) is 56.2 Å². The van der Waals surface area contributed by atoms with Crippen molar-refractivity contribution in [3.63, 3.8) is 0 Å². The molecule has 0 aliphatic heterocycles. The average Bonchev–Trinajstić information content (AvgIpc) is 2.96. The molecule has 5 heteroatoms. The molecule has 0 fully saturated rings. The number of ether oxygens (including phenoxy) is 1. The minimum atomic E-state index is -0.164. The summed E-state index contributed by atoms with van der Waals surface area (Å²) in [6.45, 7) is 4.50. The lowest BCUT2D eigenvalue weighted by molar-refractivity contribution is 0.101. The van der Waals surface area contributed by atoms with Crippen molar-refractivity contribution in [2.75, 3.05) is 12.4 Å².